The fraction of sp³-hybridized carbons (Fsp3) is 0.174. The van der Waals surface area contributed by atoms with Crippen molar-refractivity contribution in [3.63, 3.8) is 0 Å². The number of benzene rings is 3. The monoisotopic (exact) mass is 445 g/mol. The maximum absolute atomic E-state index is 11.2. The van der Waals surface area contributed by atoms with E-state index in [-0.39, 0.29) is 10.6 Å². The quantitative estimate of drug-likeness (QED) is 0.431. The fourth-order valence-corrected chi connectivity index (χ4v) is 3.46. The number of anilines is 1. The van der Waals surface area contributed by atoms with E-state index in [2.05, 4.69) is 11.4 Å². The van der Waals surface area contributed by atoms with Crippen molar-refractivity contribution in [3.8, 4) is 11.5 Å². The van der Waals surface area contributed by atoms with Crippen molar-refractivity contribution in [2.75, 3.05) is 12.4 Å². The second-order valence-electron chi connectivity index (χ2n) is 6.74. The Morgan fingerprint density at radius 3 is 2.53 bits per heavy atom. The second-order valence-corrected chi connectivity index (χ2v) is 7.55. The standard InChI is InChI=1S/C23H21Cl2NO4/c1-14-4-3-5-15(8-14)13-30-22-20(25)9-16(10-21(22)29-2)12-26-17-6-7-19(24)18(11-17)23(27)28/h3-11,26H,12-13H2,1-2H3,(H,27,28). The summed E-state index contributed by atoms with van der Waals surface area (Å²) in [6.07, 6.45) is 0. The Morgan fingerprint density at radius 2 is 1.83 bits per heavy atom. The Morgan fingerprint density at radius 1 is 1.03 bits per heavy atom. The molecule has 0 saturated carbocycles. The van der Waals surface area contributed by atoms with Crippen LogP contribution in [0.15, 0.2) is 54.6 Å². The zero-order chi connectivity index (χ0) is 21.7. The minimum absolute atomic E-state index is 0.0391. The molecule has 0 amide bonds. The van der Waals surface area contributed by atoms with Gasteiger partial charge in [-0.2, -0.15) is 0 Å². The van der Waals surface area contributed by atoms with Gasteiger partial charge in [-0.05, 0) is 48.4 Å². The molecule has 0 heterocycles. The maximum atomic E-state index is 11.2. The molecule has 0 spiro atoms. The van der Waals surface area contributed by atoms with Crippen molar-refractivity contribution in [2.45, 2.75) is 20.1 Å². The molecule has 3 rings (SSSR count). The number of carboxylic acid groups (broad SMARTS) is 1. The van der Waals surface area contributed by atoms with E-state index in [0.29, 0.717) is 35.4 Å². The largest absolute Gasteiger partial charge is 0.493 e. The first kappa shape index (κ1) is 21.8. The van der Waals surface area contributed by atoms with Crippen LogP contribution >= 0.6 is 23.2 Å². The van der Waals surface area contributed by atoms with Gasteiger partial charge in [-0.15, -0.1) is 0 Å². The van der Waals surface area contributed by atoms with E-state index in [0.717, 1.165) is 16.7 Å². The lowest BCUT2D eigenvalue weighted by Crippen LogP contribution is -2.04. The molecule has 3 aromatic carbocycles. The van der Waals surface area contributed by atoms with Gasteiger partial charge in [-0.25, -0.2) is 4.79 Å². The van der Waals surface area contributed by atoms with Gasteiger partial charge in [0.15, 0.2) is 11.5 Å². The summed E-state index contributed by atoms with van der Waals surface area (Å²) in [5, 5.41) is 13.0. The van der Waals surface area contributed by atoms with Gasteiger partial charge in [-0.1, -0.05) is 53.0 Å². The number of hydrogen-bond acceptors (Lipinski definition) is 4. The molecule has 7 heteroatoms. The first-order chi connectivity index (χ1) is 14.4. The van der Waals surface area contributed by atoms with Crippen LogP contribution in [-0.4, -0.2) is 18.2 Å². The lowest BCUT2D eigenvalue weighted by atomic mass is 10.1. The average Bonchev–Trinajstić information content (AvgIpc) is 2.71. The van der Waals surface area contributed by atoms with Crippen LogP contribution in [0.3, 0.4) is 0 Å². The number of aromatic carboxylic acids is 1. The van der Waals surface area contributed by atoms with Crippen LogP contribution < -0.4 is 14.8 Å². The van der Waals surface area contributed by atoms with Gasteiger partial charge in [0.05, 0.1) is 22.7 Å². The number of nitrogens with one attached hydrogen (secondary N) is 1. The molecular weight excluding hydrogens is 425 g/mol. The molecular formula is C23H21Cl2NO4. The molecule has 0 fully saturated rings. The Hall–Kier alpha value is -2.89. The topological polar surface area (TPSA) is 67.8 Å². The number of methoxy groups -OCH3 is 1. The van der Waals surface area contributed by atoms with Crippen LogP contribution in [0.2, 0.25) is 10.0 Å². The van der Waals surface area contributed by atoms with Crippen LogP contribution in [0.1, 0.15) is 27.0 Å². The third-order valence-electron chi connectivity index (χ3n) is 4.45. The summed E-state index contributed by atoms with van der Waals surface area (Å²) in [7, 11) is 1.56. The molecule has 0 saturated heterocycles. The molecule has 3 aromatic rings. The number of aryl methyl sites for hydroxylation is 1. The average molecular weight is 446 g/mol. The molecule has 0 radical (unpaired) electrons. The predicted octanol–water partition coefficient (Wildman–Crippen LogP) is 6.20. The van der Waals surface area contributed by atoms with E-state index >= 15 is 0 Å². The van der Waals surface area contributed by atoms with E-state index in [1.807, 2.05) is 31.2 Å². The number of ether oxygens (including phenoxy) is 2. The highest BCUT2D eigenvalue weighted by Gasteiger charge is 2.13. The van der Waals surface area contributed by atoms with Gasteiger partial charge in [0.25, 0.3) is 0 Å². The van der Waals surface area contributed by atoms with E-state index in [1.54, 1.807) is 25.3 Å². The highest BCUT2D eigenvalue weighted by atomic mass is 35.5. The number of carboxylic acids is 1. The van der Waals surface area contributed by atoms with Crippen LogP contribution in [0.4, 0.5) is 5.69 Å². The minimum atomic E-state index is -1.08. The zero-order valence-corrected chi connectivity index (χ0v) is 18.1. The second kappa shape index (κ2) is 9.74. The van der Waals surface area contributed by atoms with Gasteiger partial charge in [0.2, 0.25) is 0 Å². The van der Waals surface area contributed by atoms with Crippen LogP contribution in [0.25, 0.3) is 0 Å². The Balaban J connectivity index is 1.73. The molecule has 156 valence electrons. The van der Waals surface area contributed by atoms with Gasteiger partial charge >= 0.3 is 5.97 Å². The van der Waals surface area contributed by atoms with Crippen molar-refractivity contribution >= 4 is 34.9 Å². The summed E-state index contributed by atoms with van der Waals surface area (Å²) in [6.45, 7) is 2.81. The third kappa shape index (κ3) is 5.38. The summed E-state index contributed by atoms with van der Waals surface area (Å²) >= 11 is 12.4. The van der Waals surface area contributed by atoms with Crippen molar-refractivity contribution < 1.29 is 19.4 Å². The molecule has 0 aliphatic rings. The van der Waals surface area contributed by atoms with Crippen LogP contribution in [-0.2, 0) is 13.2 Å². The predicted molar refractivity (Wildman–Crippen MR) is 119 cm³/mol. The van der Waals surface area contributed by atoms with Crippen LogP contribution in [0.5, 0.6) is 11.5 Å². The Labute approximate surface area is 185 Å². The first-order valence-electron chi connectivity index (χ1n) is 9.19. The van der Waals surface area contributed by atoms with Crippen LogP contribution in [0, 0.1) is 6.92 Å². The summed E-state index contributed by atoms with van der Waals surface area (Å²) in [5.41, 5.74) is 3.72. The lowest BCUT2D eigenvalue weighted by molar-refractivity contribution is 0.0697. The summed E-state index contributed by atoms with van der Waals surface area (Å²) < 4.78 is 11.4. The number of rotatable bonds is 8. The zero-order valence-electron chi connectivity index (χ0n) is 16.5. The third-order valence-corrected chi connectivity index (χ3v) is 5.06. The molecule has 0 aliphatic carbocycles. The highest BCUT2D eigenvalue weighted by Crippen LogP contribution is 2.37. The molecule has 0 atom stereocenters. The van der Waals surface area contributed by atoms with Crippen molar-refractivity contribution in [1.29, 1.82) is 0 Å². The summed E-state index contributed by atoms with van der Waals surface area (Å²) in [4.78, 5) is 11.2. The minimum Gasteiger partial charge on any atom is -0.493 e. The van der Waals surface area contributed by atoms with E-state index in [1.165, 1.54) is 6.07 Å². The normalized spacial score (nSPS) is 10.5. The van der Waals surface area contributed by atoms with Crippen molar-refractivity contribution in [2.24, 2.45) is 0 Å². The van der Waals surface area contributed by atoms with E-state index < -0.39 is 5.97 Å². The molecule has 0 aliphatic heterocycles. The van der Waals surface area contributed by atoms with Gasteiger partial charge < -0.3 is 19.9 Å². The van der Waals surface area contributed by atoms with Gasteiger partial charge in [0.1, 0.15) is 6.61 Å². The first-order valence-corrected chi connectivity index (χ1v) is 9.94. The fourth-order valence-electron chi connectivity index (χ4n) is 2.98. The summed E-state index contributed by atoms with van der Waals surface area (Å²) in [6, 6.07) is 16.4. The molecule has 5 nitrogen and oxygen atoms in total. The van der Waals surface area contributed by atoms with E-state index in [9.17, 15) is 9.90 Å². The van der Waals surface area contributed by atoms with Crippen molar-refractivity contribution in [3.05, 3.63) is 86.9 Å². The smallest absolute Gasteiger partial charge is 0.337 e. The Bertz CT molecular complexity index is 1070. The Kier molecular flexibility index (Phi) is 7.08. The van der Waals surface area contributed by atoms with Crippen molar-refractivity contribution in [1.82, 2.24) is 0 Å². The molecule has 30 heavy (non-hydrogen) atoms. The van der Waals surface area contributed by atoms with E-state index in [4.69, 9.17) is 32.7 Å². The lowest BCUT2D eigenvalue weighted by Gasteiger charge is -2.15. The number of carbonyl (C=O) groups is 1. The molecule has 0 unspecified atom stereocenters. The highest BCUT2D eigenvalue weighted by molar-refractivity contribution is 6.33. The SMILES string of the molecule is COc1cc(CNc2ccc(Cl)c(C(=O)O)c2)cc(Cl)c1OCc1cccc(C)c1. The molecule has 0 bridgehead atoms. The number of hydrogen-bond donors (Lipinski definition) is 2. The molecule has 0 aromatic heterocycles. The van der Waals surface area contributed by atoms with Gasteiger partial charge in [-0.3, -0.25) is 0 Å². The van der Waals surface area contributed by atoms with Gasteiger partial charge in [0, 0.05) is 12.2 Å². The number of halogens is 2. The summed E-state index contributed by atoms with van der Waals surface area (Å²) in [5.74, 6) is -0.0816. The maximum Gasteiger partial charge on any atom is 0.337 e. The molecule has 2 N–H and O–H groups in total.